The molecule has 0 fully saturated rings. The van der Waals surface area contributed by atoms with E-state index in [2.05, 4.69) is 4.90 Å². The summed E-state index contributed by atoms with van der Waals surface area (Å²) in [6.07, 6.45) is 1.37. The fourth-order valence-electron chi connectivity index (χ4n) is 4.49. The molecule has 0 saturated carbocycles. The first kappa shape index (κ1) is 17.0. The Balaban J connectivity index is 1.89. The molecule has 1 aromatic carbocycles. The zero-order chi connectivity index (χ0) is 18.4. The van der Waals surface area contributed by atoms with Crippen LogP contribution in [-0.4, -0.2) is 47.3 Å². The summed E-state index contributed by atoms with van der Waals surface area (Å²) in [6, 6.07) is 7.68. The summed E-state index contributed by atoms with van der Waals surface area (Å²) in [4.78, 5) is 39.0. The number of methoxy groups -OCH3 is 1. The van der Waals surface area contributed by atoms with E-state index >= 15 is 0 Å². The summed E-state index contributed by atoms with van der Waals surface area (Å²) in [5.74, 6) is -0.837. The van der Waals surface area contributed by atoms with Gasteiger partial charge in [-0.1, -0.05) is 18.2 Å². The number of carbonyl (C=O) groups excluding carboxylic acids is 3. The van der Waals surface area contributed by atoms with Crippen LogP contribution in [0.15, 0.2) is 24.3 Å². The van der Waals surface area contributed by atoms with Gasteiger partial charge in [0.1, 0.15) is 5.78 Å². The highest BCUT2D eigenvalue weighted by molar-refractivity contribution is 5.99. The van der Waals surface area contributed by atoms with Gasteiger partial charge in [0.05, 0.1) is 24.6 Å². The van der Waals surface area contributed by atoms with Gasteiger partial charge in [-0.15, -0.1) is 0 Å². The van der Waals surface area contributed by atoms with Gasteiger partial charge in [0, 0.05) is 37.0 Å². The fourth-order valence-corrected chi connectivity index (χ4v) is 4.49. The van der Waals surface area contributed by atoms with Crippen LogP contribution in [0.5, 0.6) is 0 Å². The van der Waals surface area contributed by atoms with E-state index in [0.29, 0.717) is 13.0 Å². The zero-order valence-electron chi connectivity index (χ0n) is 15.0. The van der Waals surface area contributed by atoms with E-state index in [9.17, 15) is 14.4 Å². The predicted molar refractivity (Wildman–Crippen MR) is 96.0 cm³/mol. The van der Waals surface area contributed by atoms with Crippen LogP contribution in [-0.2, 0) is 20.7 Å². The lowest BCUT2D eigenvalue weighted by Gasteiger charge is -2.42. The van der Waals surface area contributed by atoms with Crippen LogP contribution >= 0.6 is 0 Å². The Labute approximate surface area is 151 Å². The van der Waals surface area contributed by atoms with Crippen molar-refractivity contribution in [3.8, 4) is 0 Å². The average molecular weight is 354 g/mol. The highest BCUT2D eigenvalue weighted by Crippen LogP contribution is 2.45. The second-order valence-corrected chi connectivity index (χ2v) is 7.13. The number of Topliss-reactive ketones (excluding diaryl/α,β-unsaturated/α-hetero) is 1. The van der Waals surface area contributed by atoms with Crippen molar-refractivity contribution in [2.75, 3.05) is 20.2 Å². The summed E-state index contributed by atoms with van der Waals surface area (Å²) in [5, 5.41) is 1.08. The van der Waals surface area contributed by atoms with E-state index in [0.717, 1.165) is 35.1 Å². The third-order valence-corrected chi connectivity index (χ3v) is 5.62. The number of para-hydroxylation sites is 1. The van der Waals surface area contributed by atoms with Gasteiger partial charge in [-0.25, -0.2) is 0 Å². The van der Waals surface area contributed by atoms with E-state index in [1.54, 1.807) is 11.5 Å². The van der Waals surface area contributed by atoms with Gasteiger partial charge in [0.2, 0.25) is 5.91 Å². The number of nitrogens with zero attached hydrogens (tertiary/aromatic N) is 2. The zero-order valence-corrected chi connectivity index (χ0v) is 15.0. The molecular weight excluding hydrogens is 332 g/mol. The smallest absolute Gasteiger partial charge is 0.311 e. The van der Waals surface area contributed by atoms with E-state index < -0.39 is 5.92 Å². The molecular formula is C20H22N2O4. The Morgan fingerprint density at radius 3 is 2.77 bits per heavy atom. The van der Waals surface area contributed by atoms with Crippen LogP contribution in [0, 0.1) is 5.92 Å². The lowest BCUT2D eigenvalue weighted by Crippen LogP contribution is -2.47. The molecule has 0 bridgehead atoms. The van der Waals surface area contributed by atoms with Crippen LogP contribution in [0.1, 0.15) is 41.9 Å². The number of benzene rings is 1. The average Bonchev–Trinajstić information content (AvgIpc) is 2.98. The number of carbonyl (C=O) groups is 3. The van der Waals surface area contributed by atoms with Crippen molar-refractivity contribution >= 4 is 28.6 Å². The van der Waals surface area contributed by atoms with Gasteiger partial charge < -0.3 is 4.74 Å². The van der Waals surface area contributed by atoms with E-state index in [1.165, 1.54) is 7.11 Å². The minimum Gasteiger partial charge on any atom is -0.469 e. The third kappa shape index (κ3) is 2.48. The second-order valence-electron chi connectivity index (χ2n) is 7.13. The summed E-state index contributed by atoms with van der Waals surface area (Å²) < 4.78 is 6.79. The van der Waals surface area contributed by atoms with Gasteiger partial charge in [0.25, 0.3) is 0 Å². The van der Waals surface area contributed by atoms with E-state index in [-0.39, 0.29) is 30.1 Å². The molecule has 0 spiro atoms. The van der Waals surface area contributed by atoms with Crippen LogP contribution in [0.25, 0.3) is 10.9 Å². The largest absolute Gasteiger partial charge is 0.469 e. The maximum absolute atomic E-state index is 12.9. The molecule has 3 heterocycles. The van der Waals surface area contributed by atoms with Crippen molar-refractivity contribution in [3.05, 3.63) is 35.5 Å². The fraction of sp³-hybridized carbons (Fsp3) is 0.450. The molecule has 4 rings (SSSR count). The maximum atomic E-state index is 12.9. The summed E-state index contributed by atoms with van der Waals surface area (Å²) in [7, 11) is 1.36. The molecule has 136 valence electrons. The molecule has 26 heavy (non-hydrogen) atoms. The van der Waals surface area contributed by atoms with Gasteiger partial charge >= 0.3 is 5.97 Å². The quantitative estimate of drug-likeness (QED) is 0.789. The topological polar surface area (TPSA) is 68.6 Å². The molecule has 0 radical (unpaired) electrons. The normalized spacial score (nSPS) is 22.3. The molecule has 2 aromatic rings. The van der Waals surface area contributed by atoms with Gasteiger partial charge in [-0.05, 0) is 25.0 Å². The predicted octanol–water partition coefficient (Wildman–Crippen LogP) is 2.35. The maximum Gasteiger partial charge on any atom is 0.311 e. The highest BCUT2D eigenvalue weighted by Gasteiger charge is 2.46. The molecule has 0 unspecified atom stereocenters. The van der Waals surface area contributed by atoms with Gasteiger partial charge in [0.15, 0.2) is 0 Å². The monoisotopic (exact) mass is 354 g/mol. The molecule has 2 aliphatic rings. The number of hydrogen-bond donors (Lipinski definition) is 0. The standard InChI is InChI=1S/C20H22N2O4/c1-12(23)7-9-21-10-8-14-13-5-3-4-6-16(13)22-17(24)11-15(20(25)26-2)18(21)19(14)22/h3-6,15,18H,7-11H2,1-2H3/t15-,18+/m0/s1. The molecule has 0 amide bonds. The van der Waals surface area contributed by atoms with E-state index in [4.69, 9.17) is 4.74 Å². The second kappa shape index (κ2) is 6.36. The van der Waals surface area contributed by atoms with Crippen LogP contribution in [0.3, 0.4) is 0 Å². The first-order chi connectivity index (χ1) is 12.5. The number of esters is 1. The molecule has 0 aliphatic carbocycles. The Morgan fingerprint density at radius 1 is 1.27 bits per heavy atom. The molecule has 2 aliphatic heterocycles. The highest BCUT2D eigenvalue weighted by atomic mass is 16.5. The van der Waals surface area contributed by atoms with Crippen LogP contribution < -0.4 is 0 Å². The molecule has 2 atom stereocenters. The third-order valence-electron chi connectivity index (χ3n) is 5.62. The SMILES string of the molecule is COC(=O)[C@H]1CC(=O)n2c3c(c4ccccc42)CCN(CCC(C)=O)[C@@H]31. The number of ketones is 1. The minimum atomic E-state index is -0.532. The van der Waals surface area contributed by atoms with Crippen LogP contribution in [0.2, 0.25) is 0 Å². The Kier molecular flexibility index (Phi) is 4.15. The molecule has 6 heteroatoms. The van der Waals surface area contributed by atoms with Crippen molar-refractivity contribution in [1.29, 1.82) is 0 Å². The van der Waals surface area contributed by atoms with Gasteiger partial charge in [-0.3, -0.25) is 23.9 Å². The Morgan fingerprint density at radius 2 is 2.04 bits per heavy atom. The number of ether oxygens (including phenoxy) is 1. The Hall–Kier alpha value is -2.47. The number of fused-ring (bicyclic) bond motifs is 3. The Bertz CT molecular complexity index is 914. The van der Waals surface area contributed by atoms with Gasteiger partial charge in [-0.2, -0.15) is 0 Å². The minimum absolute atomic E-state index is 0.0671. The molecule has 6 nitrogen and oxygen atoms in total. The molecule has 0 N–H and O–H groups in total. The van der Waals surface area contributed by atoms with Crippen molar-refractivity contribution in [2.45, 2.75) is 32.2 Å². The lowest BCUT2D eigenvalue weighted by molar-refractivity contribution is -0.148. The lowest BCUT2D eigenvalue weighted by atomic mass is 9.83. The van der Waals surface area contributed by atoms with Crippen molar-refractivity contribution in [1.82, 2.24) is 9.47 Å². The van der Waals surface area contributed by atoms with Crippen LogP contribution in [0.4, 0.5) is 0 Å². The summed E-state index contributed by atoms with van der Waals surface area (Å²) in [6.45, 7) is 2.93. The van der Waals surface area contributed by atoms with E-state index in [1.807, 2.05) is 24.3 Å². The molecule has 0 saturated heterocycles. The van der Waals surface area contributed by atoms with Crippen molar-refractivity contribution in [2.24, 2.45) is 5.92 Å². The number of aromatic nitrogens is 1. The number of rotatable bonds is 4. The number of hydrogen-bond acceptors (Lipinski definition) is 5. The summed E-state index contributed by atoms with van der Waals surface area (Å²) in [5.41, 5.74) is 2.96. The summed E-state index contributed by atoms with van der Waals surface area (Å²) >= 11 is 0. The van der Waals surface area contributed by atoms with Crippen molar-refractivity contribution < 1.29 is 19.1 Å². The molecule has 1 aromatic heterocycles. The first-order valence-electron chi connectivity index (χ1n) is 8.99. The first-order valence-corrected chi connectivity index (χ1v) is 8.99. The van der Waals surface area contributed by atoms with Crippen molar-refractivity contribution in [3.63, 3.8) is 0 Å².